The minimum absolute atomic E-state index is 0.0161. The fourth-order valence-corrected chi connectivity index (χ4v) is 2.38. The Morgan fingerprint density at radius 1 is 1.00 bits per heavy atom. The van der Waals surface area contributed by atoms with Crippen LogP contribution in [-0.4, -0.2) is 19.0 Å². The summed E-state index contributed by atoms with van der Waals surface area (Å²) < 4.78 is 12.0. The molecule has 2 aromatic rings. The molecule has 20 heavy (non-hydrogen) atoms. The minimum atomic E-state index is -0.0161. The Bertz CT molecular complexity index is 679. The van der Waals surface area contributed by atoms with Crippen LogP contribution >= 0.6 is 15.9 Å². The molecule has 1 aliphatic rings. The first kappa shape index (κ1) is 13.2. The highest BCUT2D eigenvalue weighted by Crippen LogP contribution is 2.31. The molecule has 3 nitrogen and oxygen atoms in total. The van der Waals surface area contributed by atoms with E-state index in [1.54, 1.807) is 18.2 Å². The van der Waals surface area contributed by atoms with E-state index in [0.29, 0.717) is 35.8 Å². The van der Waals surface area contributed by atoms with E-state index in [1.165, 1.54) is 0 Å². The maximum absolute atomic E-state index is 12.5. The van der Waals surface area contributed by atoms with Gasteiger partial charge in [-0.1, -0.05) is 15.9 Å². The van der Waals surface area contributed by atoms with Crippen molar-refractivity contribution in [2.45, 2.75) is 6.92 Å². The van der Waals surface area contributed by atoms with Gasteiger partial charge in [0.05, 0.1) is 0 Å². The first-order valence-corrected chi connectivity index (χ1v) is 7.15. The molecule has 0 saturated carbocycles. The Morgan fingerprint density at radius 3 is 2.40 bits per heavy atom. The van der Waals surface area contributed by atoms with Gasteiger partial charge in [-0.3, -0.25) is 4.79 Å². The molecular weight excluding hydrogens is 320 g/mol. The standard InChI is InChI=1S/C16H13BrO3/c1-10-8-11(2-4-13(10)17)16(18)12-3-5-14-15(9-12)20-7-6-19-14/h2-5,8-9H,6-7H2,1H3. The molecule has 0 amide bonds. The molecule has 1 heterocycles. The zero-order valence-corrected chi connectivity index (χ0v) is 12.6. The normalized spacial score (nSPS) is 13.1. The fraction of sp³-hybridized carbons (Fsp3) is 0.188. The van der Waals surface area contributed by atoms with Gasteiger partial charge in [-0.15, -0.1) is 0 Å². The van der Waals surface area contributed by atoms with Crippen LogP contribution in [0.3, 0.4) is 0 Å². The number of carbonyl (C=O) groups excluding carboxylic acids is 1. The van der Waals surface area contributed by atoms with Crippen molar-refractivity contribution < 1.29 is 14.3 Å². The van der Waals surface area contributed by atoms with E-state index < -0.39 is 0 Å². The van der Waals surface area contributed by atoms with Crippen molar-refractivity contribution in [3.8, 4) is 11.5 Å². The molecule has 0 saturated heterocycles. The number of hydrogen-bond donors (Lipinski definition) is 0. The molecule has 0 N–H and O–H groups in total. The van der Waals surface area contributed by atoms with Crippen molar-refractivity contribution in [3.63, 3.8) is 0 Å². The van der Waals surface area contributed by atoms with Gasteiger partial charge in [-0.05, 0) is 48.9 Å². The summed E-state index contributed by atoms with van der Waals surface area (Å²) in [4.78, 5) is 12.5. The highest BCUT2D eigenvalue weighted by atomic mass is 79.9. The summed E-state index contributed by atoms with van der Waals surface area (Å²) in [6, 6.07) is 10.9. The number of ether oxygens (including phenoxy) is 2. The van der Waals surface area contributed by atoms with Crippen molar-refractivity contribution in [2.75, 3.05) is 13.2 Å². The molecule has 0 bridgehead atoms. The summed E-state index contributed by atoms with van der Waals surface area (Å²) >= 11 is 3.44. The molecule has 0 aromatic heterocycles. The number of halogens is 1. The van der Waals surface area contributed by atoms with Crippen molar-refractivity contribution in [3.05, 3.63) is 57.6 Å². The Balaban J connectivity index is 1.95. The maximum Gasteiger partial charge on any atom is 0.193 e. The van der Waals surface area contributed by atoms with Gasteiger partial charge >= 0.3 is 0 Å². The molecule has 3 rings (SSSR count). The second kappa shape index (κ2) is 5.29. The van der Waals surface area contributed by atoms with Gasteiger partial charge in [0, 0.05) is 15.6 Å². The zero-order valence-electron chi connectivity index (χ0n) is 11.0. The summed E-state index contributed by atoms with van der Waals surface area (Å²) in [7, 11) is 0. The second-order valence-corrected chi connectivity index (χ2v) is 5.51. The second-order valence-electron chi connectivity index (χ2n) is 4.65. The number of rotatable bonds is 2. The van der Waals surface area contributed by atoms with Crippen LogP contribution in [0, 0.1) is 6.92 Å². The topological polar surface area (TPSA) is 35.5 Å². The van der Waals surface area contributed by atoms with Gasteiger partial charge in [0.1, 0.15) is 13.2 Å². The van der Waals surface area contributed by atoms with Gasteiger partial charge in [0.15, 0.2) is 17.3 Å². The number of ketones is 1. The molecular formula is C16H13BrO3. The van der Waals surface area contributed by atoms with Crippen LogP contribution in [0.4, 0.5) is 0 Å². The molecule has 0 radical (unpaired) electrons. The number of aryl methyl sites for hydroxylation is 1. The van der Waals surface area contributed by atoms with Crippen LogP contribution in [0.5, 0.6) is 11.5 Å². The first-order chi connectivity index (χ1) is 9.65. The molecule has 4 heteroatoms. The zero-order chi connectivity index (χ0) is 14.1. The van der Waals surface area contributed by atoms with Crippen LogP contribution in [0.1, 0.15) is 21.5 Å². The molecule has 0 aliphatic carbocycles. The van der Waals surface area contributed by atoms with Crippen LogP contribution < -0.4 is 9.47 Å². The lowest BCUT2D eigenvalue weighted by atomic mass is 10.0. The largest absolute Gasteiger partial charge is 0.486 e. The van der Waals surface area contributed by atoms with Crippen molar-refractivity contribution >= 4 is 21.7 Å². The highest BCUT2D eigenvalue weighted by Gasteiger charge is 2.16. The van der Waals surface area contributed by atoms with Crippen molar-refractivity contribution in [2.24, 2.45) is 0 Å². The monoisotopic (exact) mass is 332 g/mol. The van der Waals surface area contributed by atoms with Gasteiger partial charge in [-0.2, -0.15) is 0 Å². The van der Waals surface area contributed by atoms with Crippen molar-refractivity contribution in [1.82, 2.24) is 0 Å². The summed E-state index contributed by atoms with van der Waals surface area (Å²) in [6.07, 6.45) is 0. The van der Waals surface area contributed by atoms with Crippen molar-refractivity contribution in [1.29, 1.82) is 0 Å². The Hall–Kier alpha value is -1.81. The first-order valence-electron chi connectivity index (χ1n) is 6.35. The quantitative estimate of drug-likeness (QED) is 0.785. The predicted molar refractivity (Wildman–Crippen MR) is 79.7 cm³/mol. The van der Waals surface area contributed by atoms with Gasteiger partial charge in [0.25, 0.3) is 0 Å². The lowest BCUT2D eigenvalue weighted by Crippen LogP contribution is -2.15. The Morgan fingerprint density at radius 2 is 1.65 bits per heavy atom. The number of carbonyl (C=O) groups is 1. The predicted octanol–water partition coefficient (Wildman–Crippen LogP) is 3.76. The van der Waals surface area contributed by atoms with Crippen LogP contribution in [0.15, 0.2) is 40.9 Å². The Labute approximate surface area is 125 Å². The van der Waals surface area contributed by atoms with E-state index in [1.807, 2.05) is 25.1 Å². The van der Waals surface area contributed by atoms with E-state index in [2.05, 4.69) is 15.9 Å². The third-order valence-corrected chi connectivity index (χ3v) is 4.11. The number of hydrogen-bond acceptors (Lipinski definition) is 3. The average molecular weight is 333 g/mol. The Kier molecular flexibility index (Phi) is 3.49. The SMILES string of the molecule is Cc1cc(C(=O)c2ccc3c(c2)OCCO3)ccc1Br. The molecule has 1 aliphatic heterocycles. The van der Waals surface area contributed by atoms with Gasteiger partial charge < -0.3 is 9.47 Å². The van der Waals surface area contributed by atoms with Gasteiger partial charge in [-0.25, -0.2) is 0 Å². The summed E-state index contributed by atoms with van der Waals surface area (Å²) in [5.41, 5.74) is 2.31. The highest BCUT2D eigenvalue weighted by molar-refractivity contribution is 9.10. The van der Waals surface area contributed by atoms with E-state index >= 15 is 0 Å². The summed E-state index contributed by atoms with van der Waals surface area (Å²) in [5, 5.41) is 0. The van der Waals surface area contributed by atoms with E-state index in [4.69, 9.17) is 9.47 Å². The molecule has 0 fully saturated rings. The summed E-state index contributed by atoms with van der Waals surface area (Å²) in [5.74, 6) is 1.31. The molecule has 0 atom stereocenters. The lowest BCUT2D eigenvalue weighted by Gasteiger charge is -2.18. The van der Waals surface area contributed by atoms with Crippen LogP contribution in [0.25, 0.3) is 0 Å². The van der Waals surface area contributed by atoms with E-state index in [-0.39, 0.29) is 5.78 Å². The van der Waals surface area contributed by atoms with E-state index in [0.717, 1.165) is 10.0 Å². The number of fused-ring (bicyclic) bond motifs is 1. The van der Waals surface area contributed by atoms with Gasteiger partial charge in [0.2, 0.25) is 0 Å². The summed E-state index contributed by atoms with van der Waals surface area (Å²) in [6.45, 7) is 3.03. The third-order valence-electron chi connectivity index (χ3n) is 3.22. The minimum Gasteiger partial charge on any atom is -0.486 e. The smallest absolute Gasteiger partial charge is 0.193 e. The molecule has 0 unspecified atom stereocenters. The third kappa shape index (κ3) is 2.43. The molecule has 2 aromatic carbocycles. The van der Waals surface area contributed by atoms with E-state index in [9.17, 15) is 4.79 Å². The van der Waals surface area contributed by atoms with Crippen LogP contribution in [0.2, 0.25) is 0 Å². The maximum atomic E-state index is 12.5. The van der Waals surface area contributed by atoms with Crippen LogP contribution in [-0.2, 0) is 0 Å². The molecule has 102 valence electrons. The number of benzene rings is 2. The molecule has 0 spiro atoms. The average Bonchev–Trinajstić information content (AvgIpc) is 2.49. The fourth-order valence-electron chi connectivity index (χ4n) is 2.14. The lowest BCUT2D eigenvalue weighted by molar-refractivity contribution is 0.103.